The van der Waals surface area contributed by atoms with Crippen molar-refractivity contribution in [3.63, 3.8) is 0 Å². The zero-order valence-electron chi connectivity index (χ0n) is 16.9. The van der Waals surface area contributed by atoms with Crippen molar-refractivity contribution in [2.24, 2.45) is 0 Å². The molecule has 11 heteroatoms. The number of rotatable bonds is 3. The highest BCUT2D eigenvalue weighted by Gasteiger charge is 2.31. The van der Waals surface area contributed by atoms with Crippen molar-refractivity contribution < 1.29 is 18.4 Å². The summed E-state index contributed by atoms with van der Waals surface area (Å²) in [6, 6.07) is 8.77. The van der Waals surface area contributed by atoms with E-state index in [-0.39, 0.29) is 28.6 Å². The Kier molecular flexibility index (Phi) is 4.65. The maximum atomic E-state index is 14.3. The highest BCUT2D eigenvalue weighted by molar-refractivity contribution is 6.01. The van der Waals surface area contributed by atoms with E-state index >= 15 is 0 Å². The van der Waals surface area contributed by atoms with E-state index in [0.29, 0.717) is 18.8 Å². The summed E-state index contributed by atoms with van der Waals surface area (Å²) in [4.78, 5) is 31.3. The van der Waals surface area contributed by atoms with Gasteiger partial charge >= 0.3 is 0 Å². The van der Waals surface area contributed by atoms with Crippen LogP contribution in [0.4, 0.5) is 14.6 Å². The van der Waals surface area contributed by atoms with Gasteiger partial charge in [0.1, 0.15) is 23.5 Å². The summed E-state index contributed by atoms with van der Waals surface area (Å²) in [5.74, 6) is -1.72. The zero-order valence-corrected chi connectivity index (χ0v) is 16.9. The monoisotopic (exact) mass is 437 g/mol. The number of carbonyl (C=O) groups is 2. The van der Waals surface area contributed by atoms with Gasteiger partial charge in [0.2, 0.25) is 5.82 Å². The van der Waals surface area contributed by atoms with Gasteiger partial charge in [0.15, 0.2) is 5.65 Å². The first-order chi connectivity index (χ1) is 15.4. The lowest BCUT2D eigenvalue weighted by Gasteiger charge is -2.19. The fourth-order valence-corrected chi connectivity index (χ4v) is 3.76. The fourth-order valence-electron chi connectivity index (χ4n) is 3.76. The minimum absolute atomic E-state index is 0.0116. The summed E-state index contributed by atoms with van der Waals surface area (Å²) in [6.45, 7) is 0.449. The lowest BCUT2D eigenvalue weighted by Crippen LogP contribution is -2.47. The molecule has 0 bridgehead atoms. The number of nitrogens with zero attached hydrogens (tertiary/aromatic N) is 6. The van der Waals surface area contributed by atoms with Crippen LogP contribution in [0.5, 0.6) is 0 Å². The van der Waals surface area contributed by atoms with E-state index in [4.69, 9.17) is 0 Å². The number of carbonyl (C=O) groups excluding carboxylic acids is 2. The molecule has 4 heterocycles. The Morgan fingerprint density at radius 2 is 2.03 bits per heavy atom. The number of aromatic nitrogens is 5. The molecule has 0 saturated heterocycles. The number of halogens is 2. The molecule has 2 amide bonds. The van der Waals surface area contributed by atoms with Crippen molar-refractivity contribution in [1.29, 1.82) is 0 Å². The number of pyridine rings is 1. The highest BCUT2D eigenvalue weighted by atomic mass is 19.1. The number of amides is 2. The van der Waals surface area contributed by atoms with E-state index in [1.165, 1.54) is 9.42 Å². The molecule has 0 spiro atoms. The van der Waals surface area contributed by atoms with Crippen LogP contribution in [0.15, 0.2) is 48.7 Å². The van der Waals surface area contributed by atoms with Gasteiger partial charge in [-0.1, -0.05) is 6.07 Å². The molecule has 3 aromatic heterocycles. The van der Waals surface area contributed by atoms with Gasteiger partial charge in [-0.05, 0) is 36.8 Å². The SMILES string of the molecule is CN1C(=O)C(NC(=O)c2nc3cccc(-c4cc(F)ccc4F)n3n2)CCn2nccc21. The number of hydrogen-bond acceptors (Lipinski definition) is 5. The Morgan fingerprint density at radius 3 is 2.88 bits per heavy atom. The molecule has 0 fully saturated rings. The van der Waals surface area contributed by atoms with Crippen LogP contribution in [0.25, 0.3) is 16.9 Å². The average molecular weight is 437 g/mol. The molecule has 4 aromatic rings. The quantitative estimate of drug-likeness (QED) is 0.529. The third kappa shape index (κ3) is 3.27. The molecule has 32 heavy (non-hydrogen) atoms. The third-order valence-electron chi connectivity index (χ3n) is 5.37. The Labute approximate surface area is 180 Å². The lowest BCUT2D eigenvalue weighted by molar-refractivity contribution is -0.120. The van der Waals surface area contributed by atoms with Crippen LogP contribution in [-0.2, 0) is 11.3 Å². The van der Waals surface area contributed by atoms with Gasteiger partial charge in [-0.2, -0.15) is 5.10 Å². The van der Waals surface area contributed by atoms with E-state index < -0.39 is 23.6 Å². The maximum absolute atomic E-state index is 14.3. The summed E-state index contributed by atoms with van der Waals surface area (Å²) in [7, 11) is 1.61. The molecule has 9 nitrogen and oxygen atoms in total. The molecular weight excluding hydrogens is 420 g/mol. The second-order valence-corrected chi connectivity index (χ2v) is 7.37. The minimum atomic E-state index is -0.791. The normalized spacial score (nSPS) is 16.2. The fraction of sp³-hybridized carbons (Fsp3) is 0.190. The van der Waals surface area contributed by atoms with Crippen molar-refractivity contribution in [3.8, 4) is 11.3 Å². The number of hydrogen-bond donors (Lipinski definition) is 1. The van der Waals surface area contributed by atoms with Gasteiger partial charge in [0.05, 0.1) is 11.9 Å². The van der Waals surface area contributed by atoms with Crippen LogP contribution < -0.4 is 10.2 Å². The molecule has 1 unspecified atom stereocenters. The van der Waals surface area contributed by atoms with Crippen LogP contribution >= 0.6 is 0 Å². The van der Waals surface area contributed by atoms with E-state index in [0.717, 1.165) is 18.2 Å². The first kappa shape index (κ1) is 19.8. The predicted molar refractivity (Wildman–Crippen MR) is 110 cm³/mol. The van der Waals surface area contributed by atoms with E-state index in [2.05, 4.69) is 20.5 Å². The first-order valence-electron chi connectivity index (χ1n) is 9.84. The molecule has 1 aromatic carbocycles. The molecule has 1 N–H and O–H groups in total. The summed E-state index contributed by atoms with van der Waals surface area (Å²) in [5, 5.41) is 11.0. The van der Waals surface area contributed by atoms with Gasteiger partial charge in [0.25, 0.3) is 11.8 Å². The van der Waals surface area contributed by atoms with Gasteiger partial charge in [0, 0.05) is 25.2 Å². The zero-order chi connectivity index (χ0) is 22.4. The van der Waals surface area contributed by atoms with E-state index in [1.54, 1.807) is 42.2 Å². The number of fused-ring (bicyclic) bond motifs is 2. The molecular formula is C21H17F2N7O2. The van der Waals surface area contributed by atoms with Gasteiger partial charge in [-0.25, -0.2) is 23.0 Å². The Bertz CT molecular complexity index is 1360. The molecule has 0 radical (unpaired) electrons. The van der Waals surface area contributed by atoms with Crippen molar-refractivity contribution in [2.75, 3.05) is 11.9 Å². The summed E-state index contributed by atoms with van der Waals surface area (Å²) >= 11 is 0. The third-order valence-corrected chi connectivity index (χ3v) is 5.37. The number of anilines is 1. The van der Waals surface area contributed by atoms with Crippen molar-refractivity contribution in [3.05, 3.63) is 66.1 Å². The van der Waals surface area contributed by atoms with E-state index in [9.17, 15) is 18.4 Å². The molecule has 1 atom stereocenters. The van der Waals surface area contributed by atoms with Crippen LogP contribution in [-0.4, -0.2) is 49.3 Å². The van der Waals surface area contributed by atoms with Gasteiger partial charge < -0.3 is 5.32 Å². The van der Waals surface area contributed by atoms with Crippen molar-refractivity contribution >= 4 is 23.3 Å². The molecule has 162 valence electrons. The molecule has 1 aliphatic rings. The predicted octanol–water partition coefficient (Wildman–Crippen LogP) is 2.04. The largest absolute Gasteiger partial charge is 0.337 e. The second kappa shape index (κ2) is 7.52. The number of benzene rings is 1. The smallest absolute Gasteiger partial charge is 0.291 e. The average Bonchev–Trinajstić information content (AvgIpc) is 3.42. The van der Waals surface area contributed by atoms with Crippen LogP contribution in [0, 0.1) is 11.6 Å². The van der Waals surface area contributed by atoms with Crippen LogP contribution in [0.2, 0.25) is 0 Å². The maximum Gasteiger partial charge on any atom is 0.291 e. The Hall–Kier alpha value is -4.15. The number of nitrogens with one attached hydrogen (secondary N) is 1. The summed E-state index contributed by atoms with van der Waals surface area (Å²) < 4.78 is 30.9. The van der Waals surface area contributed by atoms with Crippen LogP contribution in [0.3, 0.4) is 0 Å². The summed E-state index contributed by atoms with van der Waals surface area (Å²) in [5.41, 5.74) is 0.505. The number of likely N-dealkylation sites (N-methyl/N-ethyl adjacent to an activating group) is 1. The van der Waals surface area contributed by atoms with Crippen LogP contribution in [0.1, 0.15) is 17.0 Å². The number of aryl methyl sites for hydroxylation is 1. The topological polar surface area (TPSA) is 97.4 Å². The second-order valence-electron chi connectivity index (χ2n) is 7.37. The minimum Gasteiger partial charge on any atom is -0.337 e. The molecule has 5 rings (SSSR count). The summed E-state index contributed by atoms with van der Waals surface area (Å²) in [6.07, 6.45) is 1.95. The Balaban J connectivity index is 1.44. The standard InChI is InChI=1S/C21H17F2N7O2/c1-28-18-7-9-24-29(18)10-8-15(21(28)32)25-20(31)19-26-17-4-2-3-16(30(17)27-19)13-11-12(22)5-6-14(13)23/h2-7,9,11,15H,8,10H2,1H3,(H,25,31). The molecule has 0 saturated carbocycles. The van der Waals surface area contributed by atoms with E-state index in [1.807, 2.05) is 0 Å². The molecule has 1 aliphatic heterocycles. The lowest BCUT2D eigenvalue weighted by atomic mass is 10.1. The van der Waals surface area contributed by atoms with Crippen molar-refractivity contribution in [1.82, 2.24) is 29.7 Å². The first-order valence-corrected chi connectivity index (χ1v) is 9.84. The Morgan fingerprint density at radius 1 is 1.19 bits per heavy atom. The molecule has 0 aliphatic carbocycles. The van der Waals surface area contributed by atoms with Gasteiger partial charge in [-0.3, -0.25) is 14.5 Å². The van der Waals surface area contributed by atoms with Gasteiger partial charge in [-0.15, -0.1) is 5.10 Å². The highest BCUT2D eigenvalue weighted by Crippen LogP contribution is 2.24. The van der Waals surface area contributed by atoms with Crippen molar-refractivity contribution in [2.45, 2.75) is 19.0 Å².